The molecule has 0 amide bonds. The largest absolute Gasteiger partial charge is 0.417 e. The Bertz CT molecular complexity index is 641. The Balaban J connectivity index is 2.52. The first kappa shape index (κ1) is 16.0. The van der Waals surface area contributed by atoms with Gasteiger partial charge in [-0.1, -0.05) is 22.0 Å². The first-order valence-corrected chi connectivity index (χ1v) is 7.08. The second-order valence-corrected chi connectivity index (χ2v) is 5.55. The second-order valence-electron chi connectivity index (χ2n) is 4.69. The highest BCUT2D eigenvalue weighted by Crippen LogP contribution is 2.37. The lowest BCUT2D eigenvalue weighted by atomic mass is 9.95. The fourth-order valence-electron chi connectivity index (χ4n) is 2.22. The van der Waals surface area contributed by atoms with Crippen LogP contribution in [0.1, 0.15) is 28.3 Å². The molecule has 0 saturated carbocycles. The Kier molecular flexibility index (Phi) is 4.68. The number of aromatic nitrogens is 1. The molecule has 2 aromatic rings. The number of rotatable bonds is 3. The third-order valence-corrected chi connectivity index (χ3v) is 4.00. The van der Waals surface area contributed by atoms with Crippen molar-refractivity contribution in [2.24, 2.45) is 0 Å². The van der Waals surface area contributed by atoms with Gasteiger partial charge in [-0.3, -0.25) is 4.98 Å². The summed E-state index contributed by atoms with van der Waals surface area (Å²) in [6, 6.07) is 5.76. The molecule has 1 heterocycles. The molecule has 0 aliphatic heterocycles. The zero-order valence-corrected chi connectivity index (χ0v) is 13.1. The average Bonchev–Trinajstić information content (AvgIpc) is 2.42. The van der Waals surface area contributed by atoms with E-state index >= 15 is 0 Å². The van der Waals surface area contributed by atoms with E-state index in [1.54, 1.807) is 25.5 Å². The van der Waals surface area contributed by atoms with Crippen LogP contribution in [0.5, 0.6) is 0 Å². The van der Waals surface area contributed by atoms with E-state index in [1.807, 2.05) is 13.0 Å². The molecule has 1 aromatic carbocycles. The number of nitrogens with one attached hydrogen (secondary N) is 1. The van der Waals surface area contributed by atoms with Gasteiger partial charge in [0.1, 0.15) is 0 Å². The summed E-state index contributed by atoms with van der Waals surface area (Å²) in [5.74, 6) is 0. The molecule has 0 saturated heterocycles. The topological polar surface area (TPSA) is 24.9 Å². The normalized spacial score (nSPS) is 13.2. The summed E-state index contributed by atoms with van der Waals surface area (Å²) in [4.78, 5) is 4.06. The molecule has 0 aliphatic rings. The van der Waals surface area contributed by atoms with Gasteiger partial charge in [-0.05, 0) is 48.9 Å². The van der Waals surface area contributed by atoms with Crippen LogP contribution in [0.2, 0.25) is 0 Å². The highest BCUT2D eigenvalue weighted by atomic mass is 79.9. The third kappa shape index (κ3) is 3.44. The van der Waals surface area contributed by atoms with Gasteiger partial charge in [-0.25, -0.2) is 0 Å². The van der Waals surface area contributed by atoms with Crippen molar-refractivity contribution >= 4 is 15.9 Å². The molecular weight excluding hydrogens is 345 g/mol. The van der Waals surface area contributed by atoms with Crippen LogP contribution in [0.3, 0.4) is 0 Å². The van der Waals surface area contributed by atoms with Crippen LogP contribution in [-0.4, -0.2) is 12.0 Å². The van der Waals surface area contributed by atoms with Gasteiger partial charge in [-0.15, -0.1) is 0 Å². The molecule has 21 heavy (non-hydrogen) atoms. The number of alkyl halides is 3. The van der Waals surface area contributed by atoms with Crippen molar-refractivity contribution in [3.8, 4) is 0 Å². The first-order chi connectivity index (χ1) is 9.84. The fraction of sp³-hybridized carbons (Fsp3) is 0.267. The molecule has 0 bridgehead atoms. The molecule has 6 heteroatoms. The van der Waals surface area contributed by atoms with E-state index < -0.39 is 11.7 Å². The molecule has 1 unspecified atom stereocenters. The summed E-state index contributed by atoms with van der Waals surface area (Å²) in [7, 11) is 1.71. The summed E-state index contributed by atoms with van der Waals surface area (Å²) in [6.07, 6.45) is -1.06. The van der Waals surface area contributed by atoms with Gasteiger partial charge in [0, 0.05) is 16.9 Å². The van der Waals surface area contributed by atoms with Crippen molar-refractivity contribution in [1.29, 1.82) is 0 Å². The third-order valence-electron chi connectivity index (χ3n) is 3.31. The quantitative estimate of drug-likeness (QED) is 0.874. The van der Waals surface area contributed by atoms with Gasteiger partial charge >= 0.3 is 6.18 Å². The first-order valence-electron chi connectivity index (χ1n) is 6.29. The van der Waals surface area contributed by atoms with Gasteiger partial charge < -0.3 is 5.32 Å². The summed E-state index contributed by atoms with van der Waals surface area (Å²) in [6.45, 7) is 1.91. The van der Waals surface area contributed by atoms with Crippen LogP contribution in [0, 0.1) is 6.92 Å². The van der Waals surface area contributed by atoms with Crippen LogP contribution in [0.15, 0.2) is 41.1 Å². The number of aryl methyl sites for hydroxylation is 1. The van der Waals surface area contributed by atoms with Gasteiger partial charge in [0.2, 0.25) is 0 Å². The molecule has 2 rings (SSSR count). The Morgan fingerprint density at radius 3 is 2.52 bits per heavy atom. The lowest BCUT2D eigenvalue weighted by molar-refractivity contribution is -0.138. The van der Waals surface area contributed by atoms with E-state index in [-0.39, 0.29) is 10.5 Å². The Labute approximate surface area is 129 Å². The van der Waals surface area contributed by atoms with Crippen molar-refractivity contribution in [3.05, 3.63) is 63.4 Å². The minimum atomic E-state index is -4.39. The maximum Gasteiger partial charge on any atom is 0.417 e. The molecule has 0 spiro atoms. The predicted octanol–water partition coefficient (Wildman–Crippen LogP) is 4.48. The van der Waals surface area contributed by atoms with Crippen LogP contribution in [-0.2, 0) is 6.18 Å². The molecule has 0 radical (unpaired) electrons. The van der Waals surface area contributed by atoms with Crippen molar-refractivity contribution in [3.63, 3.8) is 0 Å². The van der Waals surface area contributed by atoms with E-state index in [9.17, 15) is 13.2 Å². The summed E-state index contributed by atoms with van der Waals surface area (Å²) < 4.78 is 39.1. The summed E-state index contributed by atoms with van der Waals surface area (Å²) in [5.41, 5.74) is 1.70. The predicted molar refractivity (Wildman–Crippen MR) is 79.0 cm³/mol. The van der Waals surface area contributed by atoms with Gasteiger partial charge in [0.25, 0.3) is 0 Å². The van der Waals surface area contributed by atoms with Crippen LogP contribution in [0.25, 0.3) is 0 Å². The molecule has 1 atom stereocenters. The lowest BCUT2D eigenvalue weighted by Gasteiger charge is -2.20. The highest BCUT2D eigenvalue weighted by molar-refractivity contribution is 9.10. The zero-order chi connectivity index (χ0) is 15.6. The summed E-state index contributed by atoms with van der Waals surface area (Å²) >= 11 is 2.96. The minimum absolute atomic E-state index is 0.0384. The molecule has 1 aromatic heterocycles. The number of benzene rings is 1. The van der Waals surface area contributed by atoms with E-state index in [1.165, 1.54) is 6.07 Å². The SMILES string of the molecule is CNC(c1ccc(Br)c(C(F)(F)F)c1)c1cnccc1C. The molecule has 112 valence electrons. The Morgan fingerprint density at radius 2 is 1.95 bits per heavy atom. The van der Waals surface area contributed by atoms with E-state index in [4.69, 9.17) is 0 Å². The highest BCUT2D eigenvalue weighted by Gasteiger charge is 2.33. The van der Waals surface area contributed by atoms with E-state index in [0.717, 1.165) is 17.2 Å². The van der Waals surface area contributed by atoms with E-state index in [0.29, 0.717) is 5.56 Å². The van der Waals surface area contributed by atoms with Gasteiger partial charge in [-0.2, -0.15) is 13.2 Å². The Hall–Kier alpha value is -1.40. The fourth-order valence-corrected chi connectivity index (χ4v) is 2.69. The average molecular weight is 359 g/mol. The van der Waals surface area contributed by atoms with Crippen molar-refractivity contribution in [2.75, 3.05) is 7.05 Å². The molecule has 1 N–H and O–H groups in total. The number of hydrogen-bond donors (Lipinski definition) is 1. The molecule has 2 nitrogen and oxygen atoms in total. The van der Waals surface area contributed by atoms with Crippen molar-refractivity contribution in [1.82, 2.24) is 10.3 Å². The summed E-state index contributed by atoms with van der Waals surface area (Å²) in [5, 5.41) is 3.05. The second kappa shape index (κ2) is 6.15. The zero-order valence-electron chi connectivity index (χ0n) is 11.5. The number of halogens is 4. The van der Waals surface area contributed by atoms with Crippen molar-refractivity contribution < 1.29 is 13.2 Å². The van der Waals surface area contributed by atoms with Gasteiger partial charge in [0.15, 0.2) is 0 Å². The van der Waals surface area contributed by atoms with Gasteiger partial charge in [0.05, 0.1) is 11.6 Å². The minimum Gasteiger partial charge on any atom is -0.309 e. The van der Waals surface area contributed by atoms with Crippen LogP contribution in [0.4, 0.5) is 13.2 Å². The smallest absolute Gasteiger partial charge is 0.309 e. The molecule has 0 fully saturated rings. The van der Waals surface area contributed by atoms with Crippen LogP contribution >= 0.6 is 15.9 Å². The standard InChI is InChI=1S/C15H14BrF3N2/c1-9-5-6-21-8-11(9)14(20-2)10-3-4-13(16)12(7-10)15(17,18)19/h3-8,14,20H,1-2H3. The van der Waals surface area contributed by atoms with Crippen molar-refractivity contribution in [2.45, 2.75) is 19.1 Å². The maximum atomic E-state index is 13.0. The van der Waals surface area contributed by atoms with E-state index in [2.05, 4.69) is 26.2 Å². The number of hydrogen-bond acceptors (Lipinski definition) is 2. The lowest BCUT2D eigenvalue weighted by Crippen LogP contribution is -2.20. The Morgan fingerprint density at radius 1 is 1.24 bits per heavy atom. The van der Waals surface area contributed by atoms with Crippen LogP contribution < -0.4 is 5.32 Å². The number of pyridine rings is 1. The number of nitrogens with zero attached hydrogens (tertiary/aromatic N) is 1. The molecule has 0 aliphatic carbocycles. The molecular formula is C15H14BrF3N2. The maximum absolute atomic E-state index is 13.0. The monoisotopic (exact) mass is 358 g/mol.